The number of hydrogen-bond acceptors (Lipinski definition) is 2. The monoisotopic (exact) mass is 217 g/mol. The molecule has 1 aliphatic rings. The van der Waals surface area contributed by atoms with Gasteiger partial charge in [0.15, 0.2) is 5.60 Å². The maximum atomic E-state index is 11.2. The smallest absolute Gasteiger partial charge is 0.238 e. The molecule has 1 fully saturated rings. The van der Waals surface area contributed by atoms with Crippen LogP contribution in [0.4, 0.5) is 0 Å². The van der Waals surface area contributed by atoms with Gasteiger partial charge in [0.2, 0.25) is 6.29 Å². The summed E-state index contributed by atoms with van der Waals surface area (Å²) in [5.74, 6) is 0.0288. The third kappa shape index (κ3) is 2.03. The van der Waals surface area contributed by atoms with E-state index in [9.17, 15) is 9.90 Å². The third-order valence-electron chi connectivity index (χ3n) is 3.57. The first kappa shape index (κ1) is 11.3. The van der Waals surface area contributed by atoms with E-state index in [2.05, 4.69) is 0 Å². The van der Waals surface area contributed by atoms with E-state index in [0.717, 1.165) is 25.7 Å². The van der Waals surface area contributed by atoms with E-state index in [1.54, 1.807) is 12.1 Å². The summed E-state index contributed by atoms with van der Waals surface area (Å²) < 4.78 is 0. The zero-order chi connectivity index (χ0) is 11.4. The molecular formula is C14H17O2. The largest absolute Gasteiger partial charge is 0.376 e. The summed E-state index contributed by atoms with van der Waals surface area (Å²) in [6.45, 7) is 0. The molecule has 1 radical (unpaired) electrons. The van der Waals surface area contributed by atoms with Crippen LogP contribution in [0.2, 0.25) is 0 Å². The van der Waals surface area contributed by atoms with Crippen LogP contribution >= 0.6 is 0 Å². The van der Waals surface area contributed by atoms with Crippen LogP contribution in [0.1, 0.15) is 37.7 Å². The molecule has 16 heavy (non-hydrogen) atoms. The maximum absolute atomic E-state index is 11.2. The Labute approximate surface area is 96.3 Å². The molecule has 0 spiro atoms. The Morgan fingerprint density at radius 3 is 2.31 bits per heavy atom. The Hall–Kier alpha value is -1.15. The topological polar surface area (TPSA) is 37.3 Å². The lowest BCUT2D eigenvalue weighted by Gasteiger charge is -2.33. The Kier molecular flexibility index (Phi) is 3.39. The molecule has 2 rings (SSSR count). The van der Waals surface area contributed by atoms with Gasteiger partial charge in [0.05, 0.1) is 0 Å². The minimum atomic E-state index is -1.40. The molecule has 0 aromatic heterocycles. The minimum absolute atomic E-state index is 0.0288. The molecule has 1 atom stereocenters. The van der Waals surface area contributed by atoms with Gasteiger partial charge in [-0.3, -0.25) is 4.79 Å². The van der Waals surface area contributed by atoms with E-state index in [-0.39, 0.29) is 5.92 Å². The zero-order valence-electron chi connectivity index (χ0n) is 9.36. The predicted molar refractivity (Wildman–Crippen MR) is 62.6 cm³/mol. The average Bonchev–Trinajstić information content (AvgIpc) is 2.40. The standard InChI is InChI=1S/C14H17O2/c15-11-14(16,12-7-3-1-4-8-12)13-9-5-2-6-10-13/h1,3-4,7-8,13,16H,2,5-6,9-10H2/t14-/m0/s1. The number of hydrogen-bond donors (Lipinski definition) is 1. The van der Waals surface area contributed by atoms with E-state index in [4.69, 9.17) is 0 Å². The molecule has 0 heterocycles. The molecule has 1 aromatic rings. The molecule has 0 unspecified atom stereocenters. The van der Waals surface area contributed by atoms with Gasteiger partial charge in [-0.05, 0) is 24.3 Å². The highest BCUT2D eigenvalue weighted by Gasteiger charge is 2.39. The van der Waals surface area contributed by atoms with Gasteiger partial charge in [0.1, 0.15) is 0 Å². The summed E-state index contributed by atoms with van der Waals surface area (Å²) in [5, 5.41) is 10.5. The van der Waals surface area contributed by atoms with Crippen LogP contribution < -0.4 is 0 Å². The molecule has 0 aliphatic heterocycles. The summed E-state index contributed by atoms with van der Waals surface area (Å²) in [7, 11) is 0. The van der Waals surface area contributed by atoms with Gasteiger partial charge in [0, 0.05) is 0 Å². The quantitative estimate of drug-likeness (QED) is 0.844. The SMILES string of the molecule is O=[C][C@](O)(c1ccccc1)C1CCCCC1. The molecular weight excluding hydrogens is 200 g/mol. The minimum Gasteiger partial charge on any atom is -0.376 e. The van der Waals surface area contributed by atoms with Crippen molar-refractivity contribution in [2.24, 2.45) is 5.92 Å². The van der Waals surface area contributed by atoms with Gasteiger partial charge in [0.25, 0.3) is 0 Å². The van der Waals surface area contributed by atoms with Crippen molar-refractivity contribution in [3.63, 3.8) is 0 Å². The van der Waals surface area contributed by atoms with Gasteiger partial charge in [-0.2, -0.15) is 0 Å². The van der Waals surface area contributed by atoms with Crippen LogP contribution in [-0.2, 0) is 10.4 Å². The van der Waals surface area contributed by atoms with Crippen molar-refractivity contribution in [3.05, 3.63) is 35.9 Å². The van der Waals surface area contributed by atoms with Gasteiger partial charge in [-0.15, -0.1) is 0 Å². The first-order valence-corrected chi connectivity index (χ1v) is 5.94. The Balaban J connectivity index is 2.27. The van der Waals surface area contributed by atoms with E-state index >= 15 is 0 Å². The Morgan fingerprint density at radius 2 is 1.75 bits per heavy atom. The van der Waals surface area contributed by atoms with Crippen LogP contribution in [0, 0.1) is 5.92 Å². The van der Waals surface area contributed by atoms with E-state index < -0.39 is 5.60 Å². The van der Waals surface area contributed by atoms with Crippen LogP contribution in [0.25, 0.3) is 0 Å². The lowest BCUT2D eigenvalue weighted by atomic mass is 9.74. The molecule has 0 amide bonds. The van der Waals surface area contributed by atoms with Crippen molar-refractivity contribution in [1.82, 2.24) is 0 Å². The van der Waals surface area contributed by atoms with Crippen molar-refractivity contribution in [1.29, 1.82) is 0 Å². The van der Waals surface area contributed by atoms with E-state index in [1.165, 1.54) is 6.42 Å². The van der Waals surface area contributed by atoms with Gasteiger partial charge >= 0.3 is 0 Å². The second kappa shape index (κ2) is 4.79. The first-order chi connectivity index (χ1) is 7.77. The van der Waals surface area contributed by atoms with Crippen molar-refractivity contribution in [3.8, 4) is 0 Å². The summed E-state index contributed by atoms with van der Waals surface area (Å²) in [6.07, 6.45) is 7.11. The molecule has 1 N–H and O–H groups in total. The molecule has 2 heteroatoms. The van der Waals surface area contributed by atoms with E-state index in [0.29, 0.717) is 5.56 Å². The second-order valence-electron chi connectivity index (χ2n) is 4.57. The summed E-state index contributed by atoms with van der Waals surface area (Å²) in [5.41, 5.74) is -0.723. The maximum Gasteiger partial charge on any atom is 0.238 e. The Morgan fingerprint density at radius 1 is 1.12 bits per heavy atom. The molecule has 1 saturated carbocycles. The second-order valence-corrected chi connectivity index (χ2v) is 4.57. The van der Waals surface area contributed by atoms with Crippen molar-refractivity contribution < 1.29 is 9.90 Å². The fraction of sp³-hybridized carbons (Fsp3) is 0.500. The van der Waals surface area contributed by atoms with Crippen molar-refractivity contribution in [2.45, 2.75) is 37.7 Å². The van der Waals surface area contributed by atoms with Crippen LogP contribution in [-0.4, -0.2) is 11.4 Å². The normalized spacial score (nSPS) is 21.3. The number of carbonyl (C=O) groups excluding carboxylic acids is 1. The first-order valence-electron chi connectivity index (χ1n) is 5.94. The number of rotatable bonds is 3. The summed E-state index contributed by atoms with van der Waals surface area (Å²) >= 11 is 0. The highest BCUT2D eigenvalue weighted by atomic mass is 16.3. The molecule has 85 valence electrons. The number of aliphatic hydroxyl groups is 1. The highest BCUT2D eigenvalue weighted by molar-refractivity contribution is 5.67. The van der Waals surface area contributed by atoms with Gasteiger partial charge in [-0.1, -0.05) is 49.6 Å². The lowest BCUT2D eigenvalue weighted by molar-refractivity contribution is 0.0236. The predicted octanol–water partition coefficient (Wildman–Crippen LogP) is 2.56. The lowest BCUT2D eigenvalue weighted by Crippen LogP contribution is -2.37. The molecule has 1 aromatic carbocycles. The third-order valence-corrected chi connectivity index (χ3v) is 3.57. The molecule has 0 bridgehead atoms. The van der Waals surface area contributed by atoms with Crippen molar-refractivity contribution in [2.75, 3.05) is 0 Å². The molecule has 2 nitrogen and oxygen atoms in total. The fourth-order valence-electron chi connectivity index (χ4n) is 2.59. The summed E-state index contributed by atoms with van der Waals surface area (Å²) in [6, 6.07) is 9.19. The highest BCUT2D eigenvalue weighted by Crippen LogP contribution is 2.37. The van der Waals surface area contributed by atoms with Crippen molar-refractivity contribution >= 4 is 6.29 Å². The average molecular weight is 217 g/mol. The Bertz CT molecular complexity index is 341. The van der Waals surface area contributed by atoms with Crippen LogP contribution in [0.3, 0.4) is 0 Å². The van der Waals surface area contributed by atoms with E-state index in [1.807, 2.05) is 24.5 Å². The summed E-state index contributed by atoms with van der Waals surface area (Å²) in [4.78, 5) is 11.2. The van der Waals surface area contributed by atoms with Crippen LogP contribution in [0.15, 0.2) is 30.3 Å². The fourth-order valence-corrected chi connectivity index (χ4v) is 2.59. The van der Waals surface area contributed by atoms with Crippen LogP contribution in [0.5, 0.6) is 0 Å². The molecule has 1 aliphatic carbocycles. The molecule has 0 saturated heterocycles. The van der Waals surface area contributed by atoms with Gasteiger partial charge < -0.3 is 5.11 Å². The number of benzene rings is 1. The zero-order valence-corrected chi connectivity index (χ0v) is 9.36. The van der Waals surface area contributed by atoms with Gasteiger partial charge in [-0.25, -0.2) is 0 Å².